The highest BCUT2D eigenvalue weighted by Crippen LogP contribution is 2.29. The third kappa shape index (κ3) is 4.57. The molecule has 124 valence electrons. The fraction of sp³-hybridized carbons (Fsp3) is 0.100. The van der Waals surface area contributed by atoms with Crippen molar-refractivity contribution in [2.75, 3.05) is 7.11 Å². The average Bonchev–Trinajstić information content (AvgIpc) is 2.70. The summed E-state index contributed by atoms with van der Waals surface area (Å²) in [7, 11) is 1.61. The quantitative estimate of drug-likeness (QED) is 0.492. The maximum Gasteiger partial charge on any atom is 0.206 e. The van der Waals surface area contributed by atoms with Crippen molar-refractivity contribution in [1.29, 1.82) is 0 Å². The van der Waals surface area contributed by atoms with Gasteiger partial charge in [-0.3, -0.25) is 0 Å². The highest BCUT2D eigenvalue weighted by atomic mass is 16.5. The zero-order valence-corrected chi connectivity index (χ0v) is 13.9. The highest BCUT2D eigenvalue weighted by molar-refractivity contribution is 5.50. The number of nitrogens with zero attached hydrogens (tertiary/aromatic N) is 4. The number of azo groups is 2. The molecule has 0 saturated carbocycles. The summed E-state index contributed by atoms with van der Waals surface area (Å²) in [4.78, 5) is 0. The Morgan fingerprint density at radius 3 is 2.00 bits per heavy atom. The zero-order chi connectivity index (χ0) is 17.3. The third-order valence-electron chi connectivity index (χ3n) is 3.50. The molecule has 0 fully saturated rings. The van der Waals surface area contributed by atoms with Crippen molar-refractivity contribution in [3.63, 3.8) is 0 Å². The van der Waals surface area contributed by atoms with Crippen LogP contribution >= 0.6 is 0 Å². The van der Waals surface area contributed by atoms with Crippen molar-refractivity contribution in [2.24, 2.45) is 20.5 Å². The number of para-hydroxylation sites is 1. The predicted octanol–water partition coefficient (Wildman–Crippen LogP) is 6.26. The van der Waals surface area contributed by atoms with E-state index in [2.05, 4.69) is 20.5 Å². The Balaban J connectivity index is 1.89. The number of benzene rings is 3. The Morgan fingerprint density at radius 1 is 0.680 bits per heavy atom. The lowest BCUT2D eigenvalue weighted by molar-refractivity contribution is 0.415. The van der Waals surface area contributed by atoms with Gasteiger partial charge in [0, 0.05) is 5.56 Å². The van der Waals surface area contributed by atoms with Crippen LogP contribution in [0.5, 0.6) is 5.75 Å². The Bertz CT molecular complexity index is 848. The third-order valence-corrected chi connectivity index (χ3v) is 3.50. The Hall–Kier alpha value is -3.34. The molecular weight excluding hydrogens is 312 g/mol. The van der Waals surface area contributed by atoms with E-state index in [1.54, 1.807) is 7.11 Å². The lowest BCUT2D eigenvalue weighted by atomic mass is 10.2. The Morgan fingerprint density at radius 2 is 1.28 bits per heavy atom. The van der Waals surface area contributed by atoms with E-state index in [0.717, 1.165) is 11.3 Å². The summed E-state index contributed by atoms with van der Waals surface area (Å²) >= 11 is 0. The fourth-order valence-electron chi connectivity index (χ4n) is 2.23. The van der Waals surface area contributed by atoms with Gasteiger partial charge in [0.1, 0.15) is 11.4 Å². The van der Waals surface area contributed by atoms with E-state index in [9.17, 15) is 0 Å². The Labute approximate surface area is 146 Å². The van der Waals surface area contributed by atoms with Gasteiger partial charge in [0.15, 0.2) is 0 Å². The van der Waals surface area contributed by atoms with Crippen LogP contribution < -0.4 is 4.74 Å². The van der Waals surface area contributed by atoms with Gasteiger partial charge < -0.3 is 4.74 Å². The molecule has 3 aromatic rings. The van der Waals surface area contributed by atoms with Crippen LogP contribution in [0.15, 0.2) is 105 Å². The standard InChI is InChI=1S/C20H18N4O/c1-25-19-15-9-8-14-18(19)22-24-20(16-10-4-2-5-11-16)23-21-17-12-6-3-7-13-17/h2-15,20H,1H3. The smallest absolute Gasteiger partial charge is 0.206 e. The van der Waals surface area contributed by atoms with Crippen LogP contribution in [0.25, 0.3) is 0 Å². The summed E-state index contributed by atoms with van der Waals surface area (Å²) in [6, 6.07) is 26.8. The lowest BCUT2D eigenvalue weighted by Gasteiger charge is -2.06. The van der Waals surface area contributed by atoms with Crippen molar-refractivity contribution in [2.45, 2.75) is 6.17 Å². The number of hydrogen-bond acceptors (Lipinski definition) is 5. The molecule has 3 aromatic carbocycles. The van der Waals surface area contributed by atoms with E-state index >= 15 is 0 Å². The molecule has 0 aliphatic rings. The highest BCUT2D eigenvalue weighted by Gasteiger charge is 2.09. The van der Waals surface area contributed by atoms with E-state index in [1.807, 2.05) is 84.9 Å². The molecule has 0 heterocycles. The fourth-order valence-corrected chi connectivity index (χ4v) is 2.23. The first kappa shape index (κ1) is 16.5. The second kappa shape index (κ2) is 8.49. The van der Waals surface area contributed by atoms with Crippen molar-refractivity contribution >= 4 is 11.4 Å². The molecule has 0 amide bonds. The minimum Gasteiger partial charge on any atom is -0.494 e. The molecule has 0 aliphatic carbocycles. The second-order valence-corrected chi connectivity index (χ2v) is 5.22. The maximum absolute atomic E-state index is 5.30. The van der Waals surface area contributed by atoms with Gasteiger partial charge in [-0.1, -0.05) is 60.7 Å². The molecule has 0 N–H and O–H groups in total. The van der Waals surface area contributed by atoms with Gasteiger partial charge in [-0.2, -0.15) is 15.3 Å². The summed E-state index contributed by atoms with van der Waals surface area (Å²) in [5, 5.41) is 17.3. The minimum atomic E-state index is -0.522. The van der Waals surface area contributed by atoms with E-state index in [1.165, 1.54) is 0 Å². The molecule has 1 unspecified atom stereocenters. The molecule has 0 aromatic heterocycles. The number of ether oxygens (including phenoxy) is 1. The molecule has 5 nitrogen and oxygen atoms in total. The summed E-state index contributed by atoms with van der Waals surface area (Å²) in [6.45, 7) is 0. The number of rotatable bonds is 6. The summed E-state index contributed by atoms with van der Waals surface area (Å²) in [5.74, 6) is 0.665. The molecule has 0 aliphatic heterocycles. The Kier molecular flexibility index (Phi) is 5.61. The molecule has 0 saturated heterocycles. The van der Waals surface area contributed by atoms with Gasteiger partial charge in [0.25, 0.3) is 0 Å². The van der Waals surface area contributed by atoms with Crippen LogP contribution in [0.2, 0.25) is 0 Å². The van der Waals surface area contributed by atoms with E-state index in [-0.39, 0.29) is 0 Å². The molecule has 5 heteroatoms. The van der Waals surface area contributed by atoms with Crippen LogP contribution in [0.4, 0.5) is 11.4 Å². The molecule has 1 atom stereocenters. The van der Waals surface area contributed by atoms with Crippen LogP contribution in [0.3, 0.4) is 0 Å². The first-order chi connectivity index (χ1) is 12.4. The van der Waals surface area contributed by atoms with Crippen molar-refractivity contribution in [3.05, 3.63) is 90.5 Å². The van der Waals surface area contributed by atoms with E-state index < -0.39 is 6.17 Å². The molecular formula is C20H18N4O. The molecule has 3 rings (SSSR count). The number of hydrogen-bond donors (Lipinski definition) is 0. The largest absolute Gasteiger partial charge is 0.494 e. The zero-order valence-electron chi connectivity index (χ0n) is 13.9. The van der Waals surface area contributed by atoms with Gasteiger partial charge in [-0.15, -0.1) is 5.11 Å². The average molecular weight is 330 g/mol. The minimum absolute atomic E-state index is 0.522. The monoisotopic (exact) mass is 330 g/mol. The summed E-state index contributed by atoms with van der Waals surface area (Å²) < 4.78 is 5.30. The maximum atomic E-state index is 5.30. The van der Waals surface area contributed by atoms with Gasteiger partial charge >= 0.3 is 0 Å². The van der Waals surface area contributed by atoms with E-state index in [0.29, 0.717) is 11.4 Å². The molecule has 25 heavy (non-hydrogen) atoms. The second-order valence-electron chi connectivity index (χ2n) is 5.22. The van der Waals surface area contributed by atoms with Crippen molar-refractivity contribution in [3.8, 4) is 5.75 Å². The summed E-state index contributed by atoms with van der Waals surface area (Å²) in [5.41, 5.74) is 2.34. The SMILES string of the molecule is COc1ccccc1N=NC(N=Nc1ccccc1)c1ccccc1. The summed E-state index contributed by atoms with van der Waals surface area (Å²) in [6.07, 6.45) is -0.522. The molecule has 0 bridgehead atoms. The first-order valence-corrected chi connectivity index (χ1v) is 7.91. The normalized spacial score (nSPS) is 12.5. The van der Waals surface area contributed by atoms with Crippen molar-refractivity contribution in [1.82, 2.24) is 0 Å². The van der Waals surface area contributed by atoms with E-state index in [4.69, 9.17) is 4.74 Å². The van der Waals surface area contributed by atoms with Crippen LogP contribution in [-0.2, 0) is 0 Å². The van der Waals surface area contributed by atoms with Gasteiger partial charge in [0.2, 0.25) is 6.17 Å². The lowest BCUT2D eigenvalue weighted by Crippen LogP contribution is -1.90. The van der Waals surface area contributed by atoms with Crippen LogP contribution in [0.1, 0.15) is 11.7 Å². The first-order valence-electron chi connectivity index (χ1n) is 7.91. The predicted molar refractivity (Wildman–Crippen MR) is 97.7 cm³/mol. The van der Waals surface area contributed by atoms with Crippen LogP contribution in [-0.4, -0.2) is 7.11 Å². The van der Waals surface area contributed by atoms with Gasteiger partial charge in [-0.05, 0) is 24.3 Å². The van der Waals surface area contributed by atoms with Crippen LogP contribution in [0, 0.1) is 0 Å². The van der Waals surface area contributed by atoms with Crippen molar-refractivity contribution < 1.29 is 4.74 Å². The molecule has 0 spiro atoms. The van der Waals surface area contributed by atoms with Gasteiger partial charge in [0.05, 0.1) is 12.8 Å². The number of methoxy groups -OCH3 is 1. The topological polar surface area (TPSA) is 58.7 Å². The van der Waals surface area contributed by atoms with Gasteiger partial charge in [-0.25, -0.2) is 0 Å². The molecule has 0 radical (unpaired) electrons.